The van der Waals surface area contributed by atoms with Gasteiger partial charge < -0.3 is 4.57 Å². The van der Waals surface area contributed by atoms with Gasteiger partial charge in [0.25, 0.3) is 15.9 Å². The molecule has 5 aromatic rings. The molecule has 1 heterocycles. The van der Waals surface area contributed by atoms with Crippen molar-refractivity contribution in [3.63, 3.8) is 0 Å². The van der Waals surface area contributed by atoms with Crippen LogP contribution in [0.1, 0.15) is 10.4 Å². The number of carbonyl (C=O) groups excluding carboxylic acids is 1. The molecule has 0 aliphatic heterocycles. The minimum atomic E-state index is -3.75. The van der Waals surface area contributed by atoms with Gasteiger partial charge >= 0.3 is 0 Å². The van der Waals surface area contributed by atoms with Crippen LogP contribution in [0, 0.1) is 0 Å². The van der Waals surface area contributed by atoms with Crippen LogP contribution in [-0.4, -0.2) is 18.9 Å². The van der Waals surface area contributed by atoms with Crippen LogP contribution in [-0.2, 0) is 17.1 Å². The Balaban J connectivity index is 1.50. The molecule has 0 aliphatic rings. The van der Waals surface area contributed by atoms with E-state index >= 15 is 0 Å². The van der Waals surface area contributed by atoms with E-state index in [2.05, 4.69) is 27.9 Å². The maximum absolute atomic E-state index is 12.9. The molecule has 0 unspecified atom stereocenters. The summed E-state index contributed by atoms with van der Waals surface area (Å²) in [7, 11) is -1.86. The first kappa shape index (κ1) is 21.1. The van der Waals surface area contributed by atoms with Crippen molar-refractivity contribution in [3.8, 4) is 0 Å². The number of thiazole rings is 1. The molecular weight excluding hydrogens is 454 g/mol. The largest absolute Gasteiger partial charge is 0.319 e. The van der Waals surface area contributed by atoms with Gasteiger partial charge in [-0.1, -0.05) is 65.9 Å². The second kappa shape index (κ2) is 8.31. The van der Waals surface area contributed by atoms with E-state index in [1.54, 1.807) is 36.4 Å². The first-order valence-corrected chi connectivity index (χ1v) is 12.5. The fourth-order valence-electron chi connectivity index (χ4n) is 3.70. The second-order valence-corrected chi connectivity index (χ2v) is 10.2. The van der Waals surface area contributed by atoms with Gasteiger partial charge in [0.05, 0.1) is 15.1 Å². The standard InChI is InChI=1S/C25H19N3O3S2/c1-28-23-21-13-6-5-8-17(21)14-15-22(23)32-25(28)26-24(29)18-9-7-10-19(16-18)27-33(30,31)20-11-3-2-4-12-20/h2-16,27H,1H3. The van der Waals surface area contributed by atoms with E-state index in [1.165, 1.54) is 29.5 Å². The summed E-state index contributed by atoms with van der Waals surface area (Å²) in [5.74, 6) is -0.442. The van der Waals surface area contributed by atoms with E-state index in [0.29, 0.717) is 16.1 Å². The molecule has 164 valence electrons. The summed E-state index contributed by atoms with van der Waals surface area (Å²) in [6, 6.07) is 26.6. The molecule has 4 aromatic carbocycles. The number of nitrogens with one attached hydrogen (secondary N) is 1. The van der Waals surface area contributed by atoms with Gasteiger partial charge in [0.1, 0.15) is 0 Å². The van der Waals surface area contributed by atoms with Crippen LogP contribution in [0.4, 0.5) is 5.69 Å². The van der Waals surface area contributed by atoms with Gasteiger partial charge in [-0.05, 0) is 41.8 Å². The number of hydrogen-bond donors (Lipinski definition) is 1. The Morgan fingerprint density at radius 3 is 2.48 bits per heavy atom. The lowest BCUT2D eigenvalue weighted by Gasteiger charge is -2.08. The van der Waals surface area contributed by atoms with E-state index in [4.69, 9.17) is 0 Å². The summed E-state index contributed by atoms with van der Waals surface area (Å²) >= 11 is 1.44. The Bertz CT molecular complexity index is 1680. The van der Waals surface area contributed by atoms with Crippen LogP contribution < -0.4 is 9.52 Å². The third-order valence-corrected chi connectivity index (χ3v) is 7.79. The Kier molecular flexibility index (Phi) is 5.32. The highest BCUT2D eigenvalue weighted by Crippen LogP contribution is 2.26. The molecule has 0 saturated carbocycles. The van der Waals surface area contributed by atoms with Crippen LogP contribution in [0.25, 0.3) is 21.0 Å². The van der Waals surface area contributed by atoms with E-state index in [9.17, 15) is 13.2 Å². The maximum Gasteiger partial charge on any atom is 0.279 e. The fraction of sp³-hybridized carbons (Fsp3) is 0.0400. The summed E-state index contributed by atoms with van der Waals surface area (Å²) in [6.07, 6.45) is 0. The molecule has 1 aromatic heterocycles. The number of anilines is 1. The Labute approximate surface area is 194 Å². The average molecular weight is 474 g/mol. The van der Waals surface area contributed by atoms with Crippen molar-refractivity contribution < 1.29 is 13.2 Å². The van der Waals surface area contributed by atoms with Crippen molar-refractivity contribution in [2.24, 2.45) is 12.0 Å². The Hall–Kier alpha value is -3.75. The van der Waals surface area contributed by atoms with Gasteiger partial charge in [-0.2, -0.15) is 4.99 Å². The van der Waals surface area contributed by atoms with Crippen LogP contribution in [0.3, 0.4) is 0 Å². The molecule has 8 heteroatoms. The quantitative estimate of drug-likeness (QED) is 0.402. The molecule has 1 N–H and O–H groups in total. The van der Waals surface area contributed by atoms with E-state index in [-0.39, 0.29) is 4.90 Å². The lowest BCUT2D eigenvalue weighted by Crippen LogP contribution is -2.14. The summed E-state index contributed by atoms with van der Waals surface area (Å²) in [5, 5.41) is 2.22. The van der Waals surface area contributed by atoms with Crippen LogP contribution in [0.2, 0.25) is 0 Å². The molecule has 0 spiro atoms. The molecule has 6 nitrogen and oxygen atoms in total. The van der Waals surface area contributed by atoms with Crippen molar-refractivity contribution in [1.82, 2.24) is 4.57 Å². The average Bonchev–Trinajstić information content (AvgIpc) is 3.15. The number of sulfonamides is 1. The Morgan fingerprint density at radius 2 is 1.67 bits per heavy atom. The first-order valence-electron chi connectivity index (χ1n) is 10.2. The number of nitrogens with zero attached hydrogens (tertiary/aromatic N) is 2. The third-order valence-electron chi connectivity index (χ3n) is 5.30. The molecule has 0 bridgehead atoms. The molecule has 1 amide bonds. The van der Waals surface area contributed by atoms with Gasteiger partial charge in [0, 0.05) is 23.7 Å². The van der Waals surface area contributed by atoms with Crippen molar-refractivity contribution in [2.75, 3.05) is 4.72 Å². The molecule has 33 heavy (non-hydrogen) atoms. The zero-order valence-corrected chi connectivity index (χ0v) is 19.2. The molecular formula is C25H19N3O3S2. The minimum absolute atomic E-state index is 0.149. The molecule has 5 rings (SSSR count). The lowest BCUT2D eigenvalue weighted by molar-refractivity contribution is 0.0998. The molecule has 0 atom stereocenters. The van der Waals surface area contributed by atoms with Crippen molar-refractivity contribution in [3.05, 3.63) is 101 Å². The number of carbonyl (C=O) groups is 1. The zero-order chi connectivity index (χ0) is 23.0. The van der Waals surface area contributed by atoms with Crippen molar-refractivity contribution >= 4 is 53.9 Å². The number of aromatic nitrogens is 1. The molecule has 0 aliphatic carbocycles. The minimum Gasteiger partial charge on any atom is -0.319 e. The van der Waals surface area contributed by atoms with Crippen LogP contribution in [0.15, 0.2) is 101 Å². The zero-order valence-electron chi connectivity index (χ0n) is 17.6. The topological polar surface area (TPSA) is 80.5 Å². The number of benzene rings is 4. The third kappa shape index (κ3) is 4.06. The van der Waals surface area contributed by atoms with E-state index < -0.39 is 15.9 Å². The molecule has 0 saturated heterocycles. The number of fused-ring (bicyclic) bond motifs is 3. The Morgan fingerprint density at radius 1 is 0.909 bits per heavy atom. The van der Waals surface area contributed by atoms with E-state index in [1.807, 2.05) is 29.8 Å². The fourth-order valence-corrected chi connectivity index (χ4v) is 5.81. The number of amides is 1. The summed E-state index contributed by atoms with van der Waals surface area (Å²) in [5.41, 5.74) is 1.62. The van der Waals surface area contributed by atoms with Gasteiger partial charge in [0.2, 0.25) is 0 Å². The summed E-state index contributed by atoms with van der Waals surface area (Å²) in [4.78, 5) is 18.0. The smallest absolute Gasteiger partial charge is 0.279 e. The number of hydrogen-bond acceptors (Lipinski definition) is 4. The highest BCUT2D eigenvalue weighted by Gasteiger charge is 2.15. The van der Waals surface area contributed by atoms with Gasteiger partial charge in [0.15, 0.2) is 4.80 Å². The monoisotopic (exact) mass is 473 g/mol. The second-order valence-electron chi connectivity index (χ2n) is 7.49. The van der Waals surface area contributed by atoms with E-state index in [0.717, 1.165) is 21.0 Å². The number of rotatable bonds is 4. The normalized spacial score (nSPS) is 12.3. The van der Waals surface area contributed by atoms with Crippen molar-refractivity contribution in [2.45, 2.75) is 4.90 Å². The lowest BCUT2D eigenvalue weighted by atomic mass is 10.1. The highest BCUT2D eigenvalue weighted by atomic mass is 32.2. The predicted molar refractivity (Wildman–Crippen MR) is 132 cm³/mol. The number of aryl methyl sites for hydroxylation is 1. The predicted octanol–water partition coefficient (Wildman–Crippen LogP) is 4.93. The molecule has 0 fully saturated rings. The van der Waals surface area contributed by atoms with Gasteiger partial charge in [-0.25, -0.2) is 8.42 Å². The SMILES string of the molecule is Cn1c(=NC(=O)c2cccc(NS(=O)(=O)c3ccccc3)c2)sc2ccc3ccccc3c21. The van der Waals surface area contributed by atoms with Gasteiger partial charge in [-0.15, -0.1) is 0 Å². The maximum atomic E-state index is 12.9. The van der Waals surface area contributed by atoms with Crippen molar-refractivity contribution in [1.29, 1.82) is 0 Å². The summed E-state index contributed by atoms with van der Waals surface area (Å²) < 4.78 is 30.7. The molecule has 0 radical (unpaired) electrons. The first-order chi connectivity index (χ1) is 15.9. The van der Waals surface area contributed by atoms with Gasteiger partial charge in [-0.3, -0.25) is 9.52 Å². The van der Waals surface area contributed by atoms with Crippen LogP contribution >= 0.6 is 11.3 Å². The summed E-state index contributed by atoms with van der Waals surface area (Å²) in [6.45, 7) is 0. The van der Waals surface area contributed by atoms with Crippen LogP contribution in [0.5, 0.6) is 0 Å². The highest BCUT2D eigenvalue weighted by molar-refractivity contribution is 7.92.